The first-order valence-corrected chi connectivity index (χ1v) is 16.6. The van der Waals surface area contributed by atoms with Gasteiger partial charge in [-0.05, 0) is 112 Å². The summed E-state index contributed by atoms with van der Waals surface area (Å²) in [4.78, 5) is 24.6. The van der Waals surface area contributed by atoms with Gasteiger partial charge in [-0.1, -0.05) is 12.1 Å². The first-order chi connectivity index (χ1) is 22.7. The molecular weight excluding hydrogens is 838 g/mol. The van der Waals surface area contributed by atoms with Crippen molar-refractivity contribution in [1.82, 2.24) is 16.1 Å². The van der Waals surface area contributed by atoms with E-state index in [9.17, 15) is 14.7 Å². The minimum Gasteiger partial charge on any atom is -0.490 e. The van der Waals surface area contributed by atoms with Crippen molar-refractivity contribution in [2.45, 2.75) is 32.7 Å². The molecule has 2 amide bonds. The van der Waals surface area contributed by atoms with Crippen molar-refractivity contribution < 1.29 is 43.1 Å². The van der Waals surface area contributed by atoms with Gasteiger partial charge in [-0.15, -0.1) is 0 Å². The van der Waals surface area contributed by atoms with Crippen LogP contribution in [0.3, 0.4) is 0 Å². The number of hydrazone groups is 1. The predicted molar refractivity (Wildman–Crippen MR) is 188 cm³/mol. The molecule has 15 heteroatoms. The Morgan fingerprint density at radius 1 is 1.09 bits per heavy atom. The van der Waals surface area contributed by atoms with Crippen molar-refractivity contribution in [2.75, 3.05) is 27.1 Å². The highest BCUT2D eigenvalue weighted by Gasteiger charge is 2.32. The number of esters is 1. The van der Waals surface area contributed by atoms with Gasteiger partial charge in [-0.3, -0.25) is 5.43 Å². The Labute approximate surface area is 298 Å². The molecular formula is C32H32I2N4O9. The van der Waals surface area contributed by atoms with Crippen LogP contribution < -0.4 is 39.7 Å². The lowest BCUT2D eigenvalue weighted by Gasteiger charge is -2.28. The monoisotopic (exact) mass is 870 g/mol. The highest BCUT2D eigenvalue weighted by atomic mass is 127. The molecule has 0 radical (unpaired) electrons. The molecule has 0 spiro atoms. The number of carbonyl (C=O) groups is 2. The van der Waals surface area contributed by atoms with E-state index >= 15 is 0 Å². The number of allylic oxidation sites excluding steroid dienone is 1. The molecule has 0 saturated heterocycles. The minimum atomic E-state index is -1.14. The number of halogens is 2. The highest BCUT2D eigenvalue weighted by molar-refractivity contribution is 14.1. The number of urea groups is 1. The van der Waals surface area contributed by atoms with E-state index in [1.165, 1.54) is 7.11 Å². The first kappa shape index (κ1) is 34.4. The maximum Gasteiger partial charge on any atom is 0.337 e. The number of hydrogen-bond donors (Lipinski definition) is 4. The van der Waals surface area contributed by atoms with Crippen molar-refractivity contribution in [3.8, 4) is 28.7 Å². The Bertz CT molecular complexity index is 1690. The molecule has 0 saturated carbocycles. The lowest BCUT2D eigenvalue weighted by atomic mass is 9.95. The largest absolute Gasteiger partial charge is 0.490 e. The van der Waals surface area contributed by atoms with Crippen LogP contribution in [-0.2, 0) is 16.1 Å². The van der Waals surface area contributed by atoms with Gasteiger partial charge in [0.1, 0.15) is 19.0 Å². The van der Waals surface area contributed by atoms with Gasteiger partial charge in [0.15, 0.2) is 29.2 Å². The molecule has 2 atom stereocenters. The molecule has 3 aromatic carbocycles. The molecule has 0 bridgehead atoms. The molecule has 2 aliphatic rings. The second-order valence-corrected chi connectivity index (χ2v) is 12.5. The zero-order valence-electron chi connectivity index (χ0n) is 25.6. The minimum absolute atomic E-state index is 0.144. The first-order valence-electron chi connectivity index (χ1n) is 14.4. The van der Waals surface area contributed by atoms with E-state index in [0.717, 1.165) is 29.8 Å². The third kappa shape index (κ3) is 8.50. The van der Waals surface area contributed by atoms with Crippen LogP contribution in [0.5, 0.6) is 28.7 Å². The van der Waals surface area contributed by atoms with E-state index in [1.807, 2.05) is 37.3 Å². The molecule has 0 aromatic heterocycles. The summed E-state index contributed by atoms with van der Waals surface area (Å²) in [7, 11) is 1.28. The smallest absolute Gasteiger partial charge is 0.337 e. The predicted octanol–water partition coefficient (Wildman–Crippen LogP) is 4.72. The van der Waals surface area contributed by atoms with Crippen molar-refractivity contribution in [3.05, 3.63) is 83.6 Å². The number of methoxy groups -OCH3 is 1. The third-order valence-corrected chi connectivity index (χ3v) is 8.55. The van der Waals surface area contributed by atoms with Crippen molar-refractivity contribution in [3.63, 3.8) is 0 Å². The van der Waals surface area contributed by atoms with Crippen LogP contribution in [0.2, 0.25) is 0 Å². The number of ether oxygens (including phenoxy) is 6. The van der Waals surface area contributed by atoms with Gasteiger partial charge in [0.05, 0.1) is 38.7 Å². The van der Waals surface area contributed by atoms with Gasteiger partial charge in [0.2, 0.25) is 6.79 Å². The maximum atomic E-state index is 12.5. The Morgan fingerprint density at radius 2 is 1.85 bits per heavy atom. The zero-order valence-corrected chi connectivity index (χ0v) is 29.9. The fourth-order valence-corrected chi connectivity index (χ4v) is 6.93. The van der Waals surface area contributed by atoms with Gasteiger partial charge in [0.25, 0.3) is 0 Å². The van der Waals surface area contributed by atoms with Crippen molar-refractivity contribution in [2.24, 2.45) is 5.10 Å². The number of fused-ring (bicyclic) bond motifs is 1. The molecule has 3 aromatic rings. The standard InChI is InChI=1S/C32H32I2N4O9/c1-4-43-26-12-20(29-28(31(40)42-3)17(2)36-32(41)37-29)6-8-23(26)44-15-27(39)38-35-13-19-9-21(33)30(22(34)10-19)45-14-18-5-7-24-25(11-18)47-16-46-24/h5-13,27,29,38-39H,4,14-16H2,1-3H3,(H2,36,37,41)/b35-13-/t27-,29+/m1/s1. The third-order valence-electron chi connectivity index (χ3n) is 6.95. The fourth-order valence-electron chi connectivity index (χ4n) is 4.80. The number of benzene rings is 3. The summed E-state index contributed by atoms with van der Waals surface area (Å²) >= 11 is 4.43. The molecule has 13 nitrogen and oxygen atoms in total. The van der Waals surface area contributed by atoms with E-state index in [4.69, 9.17) is 28.4 Å². The molecule has 47 heavy (non-hydrogen) atoms. The van der Waals surface area contributed by atoms with E-state index in [0.29, 0.717) is 41.7 Å². The zero-order chi connectivity index (χ0) is 33.5. The summed E-state index contributed by atoms with van der Waals surface area (Å²) in [6.45, 7) is 4.23. The topological polar surface area (TPSA) is 158 Å². The number of rotatable bonds is 13. The molecule has 2 heterocycles. The molecule has 2 aliphatic heterocycles. The second-order valence-electron chi connectivity index (χ2n) is 10.2. The summed E-state index contributed by atoms with van der Waals surface area (Å²) in [5, 5.41) is 20.0. The summed E-state index contributed by atoms with van der Waals surface area (Å²) in [6, 6.07) is 13.4. The number of nitrogens with one attached hydrogen (secondary N) is 3. The molecule has 0 unspecified atom stereocenters. The Hall–Kier alpha value is -3.97. The van der Waals surface area contributed by atoms with E-state index in [1.54, 1.807) is 31.3 Å². The number of amides is 2. The summed E-state index contributed by atoms with van der Waals surface area (Å²) in [6.07, 6.45) is 0.458. The average molecular weight is 870 g/mol. The van der Waals surface area contributed by atoms with Gasteiger partial charge in [0, 0.05) is 5.70 Å². The van der Waals surface area contributed by atoms with Crippen LogP contribution >= 0.6 is 45.2 Å². The molecule has 5 rings (SSSR count). The van der Waals surface area contributed by atoms with Gasteiger partial charge >= 0.3 is 12.0 Å². The van der Waals surface area contributed by atoms with Crippen LogP contribution in [-0.4, -0.2) is 56.7 Å². The van der Waals surface area contributed by atoms with Gasteiger partial charge in [-0.2, -0.15) is 5.10 Å². The molecule has 0 fully saturated rings. The van der Waals surface area contributed by atoms with Crippen LogP contribution in [0.1, 0.15) is 36.6 Å². The van der Waals surface area contributed by atoms with Crippen LogP contribution in [0.15, 0.2) is 64.9 Å². The summed E-state index contributed by atoms with van der Waals surface area (Å²) in [5.74, 6) is 2.36. The Kier molecular flexibility index (Phi) is 11.5. The highest BCUT2D eigenvalue weighted by Crippen LogP contribution is 2.36. The Balaban J connectivity index is 1.18. The number of aliphatic hydroxyl groups is 1. The van der Waals surface area contributed by atoms with E-state index in [-0.39, 0.29) is 19.0 Å². The van der Waals surface area contributed by atoms with E-state index in [2.05, 4.69) is 66.3 Å². The molecule has 248 valence electrons. The lowest BCUT2D eigenvalue weighted by molar-refractivity contribution is -0.136. The van der Waals surface area contributed by atoms with Crippen LogP contribution in [0.25, 0.3) is 0 Å². The molecule has 0 aliphatic carbocycles. The van der Waals surface area contributed by atoms with Crippen molar-refractivity contribution in [1.29, 1.82) is 0 Å². The maximum absolute atomic E-state index is 12.5. The normalized spacial score (nSPS) is 16.0. The lowest BCUT2D eigenvalue weighted by Crippen LogP contribution is -2.45. The Morgan fingerprint density at radius 3 is 2.60 bits per heavy atom. The summed E-state index contributed by atoms with van der Waals surface area (Å²) < 4.78 is 35.2. The number of hydrogen-bond acceptors (Lipinski definition) is 11. The SMILES string of the molecule is CCOc1cc([C@@H]2NC(=O)NC(C)=C2C(=O)OC)ccc1OC[C@@H](O)N/N=C\c1cc(I)c(OCc2ccc3c(c2)OCO3)c(I)c1. The van der Waals surface area contributed by atoms with Crippen molar-refractivity contribution >= 4 is 63.4 Å². The van der Waals surface area contributed by atoms with Gasteiger partial charge in [-0.25, -0.2) is 9.59 Å². The number of aliphatic hydroxyl groups excluding tert-OH is 1. The second kappa shape index (κ2) is 15.7. The molecule has 4 N–H and O–H groups in total. The number of nitrogens with zero attached hydrogens (tertiary/aromatic N) is 1. The average Bonchev–Trinajstić information content (AvgIpc) is 3.51. The fraction of sp³-hybridized carbons (Fsp3) is 0.281. The quantitative estimate of drug-likeness (QED) is 0.0623. The summed E-state index contributed by atoms with van der Waals surface area (Å²) in [5.41, 5.74) is 5.69. The van der Waals surface area contributed by atoms with Crippen LogP contribution in [0, 0.1) is 7.14 Å². The van der Waals surface area contributed by atoms with Gasteiger partial charge < -0.3 is 44.2 Å². The number of carbonyl (C=O) groups excluding carboxylic acids is 2. The van der Waals surface area contributed by atoms with E-state index < -0.39 is 24.3 Å². The van der Waals surface area contributed by atoms with Crippen LogP contribution in [0.4, 0.5) is 4.79 Å².